The van der Waals surface area contributed by atoms with Crippen molar-refractivity contribution in [1.82, 2.24) is 9.97 Å². The number of hydrogen-bond donors (Lipinski definition) is 1. The number of benzene rings is 1. The van der Waals surface area contributed by atoms with Crippen LogP contribution in [0.4, 0.5) is 11.6 Å². The topological polar surface area (TPSA) is 50.3 Å². The van der Waals surface area contributed by atoms with Gasteiger partial charge in [-0.05, 0) is 19.1 Å². The van der Waals surface area contributed by atoms with Gasteiger partial charge in [-0.15, -0.1) is 0 Å². The summed E-state index contributed by atoms with van der Waals surface area (Å²) >= 11 is 6.06. The lowest BCUT2D eigenvalue weighted by Crippen LogP contribution is -2.08. The molecule has 0 atom stereocenters. The molecule has 6 heteroatoms. The van der Waals surface area contributed by atoms with Crippen molar-refractivity contribution in [1.29, 1.82) is 0 Å². The van der Waals surface area contributed by atoms with E-state index in [1.54, 1.807) is 0 Å². The minimum Gasteiger partial charge on any atom is -0.437 e. The Balaban J connectivity index is 2.24. The van der Waals surface area contributed by atoms with E-state index in [-0.39, 0.29) is 0 Å². The summed E-state index contributed by atoms with van der Waals surface area (Å²) in [5.41, 5.74) is 1.04. The van der Waals surface area contributed by atoms with E-state index >= 15 is 0 Å². The first-order chi connectivity index (χ1) is 9.60. The molecule has 0 amide bonds. The lowest BCUT2D eigenvalue weighted by atomic mass is 10.3. The van der Waals surface area contributed by atoms with Gasteiger partial charge in [-0.3, -0.25) is 0 Å². The van der Waals surface area contributed by atoms with Crippen molar-refractivity contribution >= 4 is 23.2 Å². The predicted molar refractivity (Wildman–Crippen MR) is 82.0 cm³/mol. The van der Waals surface area contributed by atoms with Crippen molar-refractivity contribution in [2.45, 2.75) is 6.92 Å². The third kappa shape index (κ3) is 3.51. The highest BCUT2D eigenvalue weighted by molar-refractivity contribution is 6.31. The van der Waals surface area contributed by atoms with Gasteiger partial charge in [0.2, 0.25) is 11.8 Å². The lowest BCUT2D eigenvalue weighted by molar-refractivity contribution is 0.462. The molecule has 106 valence electrons. The van der Waals surface area contributed by atoms with Crippen LogP contribution in [0.2, 0.25) is 5.02 Å². The van der Waals surface area contributed by atoms with Gasteiger partial charge in [0.25, 0.3) is 0 Å². The second-order valence-electron chi connectivity index (χ2n) is 4.37. The smallest absolute Gasteiger partial charge is 0.243 e. The normalized spacial score (nSPS) is 10.2. The third-order valence-electron chi connectivity index (χ3n) is 2.60. The Kier molecular flexibility index (Phi) is 4.63. The molecule has 0 fully saturated rings. The number of nitrogens with one attached hydrogen (secondary N) is 1. The molecule has 0 radical (unpaired) electrons. The summed E-state index contributed by atoms with van der Waals surface area (Å²) in [5, 5.41) is 3.40. The number of rotatable bonds is 5. The number of aromatic nitrogens is 2. The second-order valence-corrected chi connectivity index (χ2v) is 4.78. The van der Waals surface area contributed by atoms with Crippen LogP contribution in [0.5, 0.6) is 11.6 Å². The Morgan fingerprint density at radius 2 is 2.15 bits per heavy atom. The monoisotopic (exact) mass is 292 g/mol. The molecule has 0 aliphatic heterocycles. The highest BCUT2D eigenvalue weighted by Crippen LogP contribution is 2.29. The molecule has 2 aromatic rings. The number of anilines is 2. The number of ether oxygens (including phenoxy) is 1. The van der Waals surface area contributed by atoms with Crippen LogP contribution in [0.25, 0.3) is 0 Å². The van der Waals surface area contributed by atoms with Gasteiger partial charge in [-0.25, -0.2) is 4.98 Å². The van der Waals surface area contributed by atoms with Crippen LogP contribution < -0.4 is 15.0 Å². The minimum atomic E-state index is 0.341. The maximum atomic E-state index is 6.06. The Morgan fingerprint density at radius 3 is 2.85 bits per heavy atom. The van der Waals surface area contributed by atoms with Gasteiger partial charge >= 0.3 is 0 Å². The van der Waals surface area contributed by atoms with Gasteiger partial charge in [-0.1, -0.05) is 17.7 Å². The van der Waals surface area contributed by atoms with E-state index in [1.165, 1.54) is 6.20 Å². The quantitative estimate of drug-likeness (QED) is 0.915. The maximum absolute atomic E-state index is 6.06. The van der Waals surface area contributed by atoms with E-state index in [2.05, 4.69) is 15.3 Å². The van der Waals surface area contributed by atoms with Crippen molar-refractivity contribution in [3.63, 3.8) is 0 Å². The highest BCUT2D eigenvalue weighted by atomic mass is 35.5. The van der Waals surface area contributed by atoms with Gasteiger partial charge in [-0.2, -0.15) is 4.98 Å². The van der Waals surface area contributed by atoms with Crippen LogP contribution in [0, 0.1) is 0 Å². The fourth-order valence-electron chi connectivity index (χ4n) is 1.60. The Bertz CT molecular complexity index is 589. The fraction of sp³-hybridized carbons (Fsp3) is 0.286. The lowest BCUT2D eigenvalue weighted by Gasteiger charge is -2.14. The van der Waals surface area contributed by atoms with Crippen LogP contribution in [0.1, 0.15) is 6.92 Å². The van der Waals surface area contributed by atoms with Gasteiger partial charge in [0.15, 0.2) is 0 Å². The molecular formula is C14H17ClN4O. The number of nitrogens with zero attached hydrogens (tertiary/aromatic N) is 3. The first-order valence-electron chi connectivity index (χ1n) is 6.31. The van der Waals surface area contributed by atoms with Gasteiger partial charge in [0.05, 0.1) is 6.20 Å². The van der Waals surface area contributed by atoms with E-state index in [9.17, 15) is 0 Å². The predicted octanol–water partition coefficient (Wildman–Crippen LogP) is 3.42. The Labute approximate surface area is 123 Å². The molecular weight excluding hydrogens is 276 g/mol. The van der Waals surface area contributed by atoms with E-state index < -0.39 is 0 Å². The summed E-state index contributed by atoms with van der Waals surface area (Å²) in [6.07, 6.45) is 1.53. The first-order valence-corrected chi connectivity index (χ1v) is 6.69. The van der Waals surface area contributed by atoms with Crippen molar-refractivity contribution in [2.75, 3.05) is 30.9 Å². The molecule has 0 aliphatic carbocycles. The average Bonchev–Trinajstić information content (AvgIpc) is 2.43. The Morgan fingerprint density at radius 1 is 1.35 bits per heavy atom. The zero-order valence-electron chi connectivity index (χ0n) is 11.7. The molecule has 1 heterocycles. The number of halogens is 1. The molecule has 2 rings (SSSR count). The molecule has 0 unspecified atom stereocenters. The van der Waals surface area contributed by atoms with E-state index in [4.69, 9.17) is 16.3 Å². The first kappa shape index (κ1) is 14.4. The third-order valence-corrected chi connectivity index (χ3v) is 2.85. The second kappa shape index (κ2) is 6.43. The largest absolute Gasteiger partial charge is 0.437 e. The summed E-state index contributed by atoms with van der Waals surface area (Å²) in [4.78, 5) is 10.3. The molecule has 1 aromatic heterocycles. The summed E-state index contributed by atoms with van der Waals surface area (Å²) in [7, 11) is 3.94. The molecule has 5 nitrogen and oxygen atoms in total. The summed E-state index contributed by atoms with van der Waals surface area (Å²) in [5.74, 6) is 1.52. The molecule has 0 bridgehead atoms. The van der Waals surface area contributed by atoms with Crippen LogP contribution in [0.15, 0.2) is 30.5 Å². The summed E-state index contributed by atoms with van der Waals surface area (Å²) in [6, 6.07) is 7.70. The molecule has 0 saturated heterocycles. The van der Waals surface area contributed by atoms with Crippen molar-refractivity contribution in [3.8, 4) is 11.6 Å². The van der Waals surface area contributed by atoms with Gasteiger partial charge in [0, 0.05) is 32.4 Å². The van der Waals surface area contributed by atoms with Crippen molar-refractivity contribution < 1.29 is 4.74 Å². The molecule has 20 heavy (non-hydrogen) atoms. The van der Waals surface area contributed by atoms with E-state index in [0.717, 1.165) is 12.2 Å². The standard InChI is InChI=1S/C14H17ClN4O/c1-4-16-14-17-9-12(15)13(18-14)20-11-7-5-6-10(8-11)19(2)3/h5-9H,4H2,1-3H3,(H,16,17,18). The van der Waals surface area contributed by atoms with Crippen molar-refractivity contribution in [3.05, 3.63) is 35.5 Å². The highest BCUT2D eigenvalue weighted by Gasteiger charge is 2.08. The van der Waals surface area contributed by atoms with E-state index in [1.807, 2.05) is 50.2 Å². The summed E-state index contributed by atoms with van der Waals surface area (Å²) in [6.45, 7) is 2.70. The van der Waals surface area contributed by atoms with Crippen LogP contribution in [0.3, 0.4) is 0 Å². The molecule has 1 N–H and O–H groups in total. The van der Waals surface area contributed by atoms with Crippen LogP contribution in [-0.2, 0) is 0 Å². The average molecular weight is 293 g/mol. The molecule has 0 aliphatic rings. The zero-order valence-corrected chi connectivity index (χ0v) is 12.5. The van der Waals surface area contributed by atoms with Gasteiger partial charge in [0.1, 0.15) is 10.8 Å². The van der Waals surface area contributed by atoms with Crippen molar-refractivity contribution in [2.24, 2.45) is 0 Å². The minimum absolute atomic E-state index is 0.341. The number of hydrogen-bond acceptors (Lipinski definition) is 5. The zero-order chi connectivity index (χ0) is 14.5. The molecule has 0 saturated carbocycles. The summed E-state index contributed by atoms with van der Waals surface area (Å²) < 4.78 is 5.74. The van der Waals surface area contributed by atoms with Gasteiger partial charge < -0.3 is 15.0 Å². The molecule has 1 aromatic carbocycles. The SMILES string of the molecule is CCNc1ncc(Cl)c(Oc2cccc(N(C)C)c2)n1. The Hall–Kier alpha value is -2.01. The van der Waals surface area contributed by atoms with E-state index in [0.29, 0.717) is 22.6 Å². The molecule has 0 spiro atoms. The van der Waals surface area contributed by atoms with Crippen LogP contribution >= 0.6 is 11.6 Å². The maximum Gasteiger partial charge on any atom is 0.243 e. The van der Waals surface area contributed by atoms with Crippen LogP contribution in [-0.4, -0.2) is 30.6 Å². The fourth-order valence-corrected chi connectivity index (χ4v) is 1.73.